The maximum atomic E-state index is 12.2. The summed E-state index contributed by atoms with van der Waals surface area (Å²) in [5.74, 6) is 0.0763. The second-order valence-corrected chi connectivity index (χ2v) is 7.02. The molecule has 0 saturated heterocycles. The van der Waals surface area contributed by atoms with Crippen LogP contribution in [0.4, 0.5) is 0 Å². The largest absolute Gasteiger partial charge is 0.467 e. The number of H-pyrrole nitrogens is 1. The van der Waals surface area contributed by atoms with Crippen LogP contribution in [0.3, 0.4) is 0 Å². The quantitative estimate of drug-likeness (QED) is 0.543. The van der Waals surface area contributed by atoms with E-state index < -0.39 is 12.0 Å². The van der Waals surface area contributed by atoms with E-state index in [0.717, 1.165) is 12.0 Å². The highest BCUT2D eigenvalue weighted by atomic mass is 32.2. The summed E-state index contributed by atoms with van der Waals surface area (Å²) in [4.78, 5) is 28.4. The predicted molar refractivity (Wildman–Crippen MR) is 101 cm³/mol. The standard InChI is InChI=1S/C18H24N4O3S/c1-5-12(3)15(17(24)25-4)19-14(23)10-26-18-20-16(21-22-18)13-8-6-11(2)7-9-13/h6-9,12,15H,5,10H2,1-4H3,(H,19,23)(H,20,21,22)/t12-,15-/m0/s1. The molecule has 1 amide bonds. The van der Waals surface area contributed by atoms with Crippen molar-refractivity contribution >= 4 is 23.6 Å². The number of esters is 1. The van der Waals surface area contributed by atoms with Crippen LogP contribution < -0.4 is 5.32 Å². The van der Waals surface area contributed by atoms with Gasteiger partial charge in [0.15, 0.2) is 5.82 Å². The average molecular weight is 376 g/mol. The number of nitrogens with zero attached hydrogens (tertiary/aromatic N) is 2. The molecule has 2 aromatic rings. The first kappa shape index (κ1) is 20.0. The van der Waals surface area contributed by atoms with Gasteiger partial charge in [0.25, 0.3) is 0 Å². The third-order valence-electron chi connectivity index (χ3n) is 4.11. The molecule has 0 bridgehead atoms. The van der Waals surface area contributed by atoms with Crippen molar-refractivity contribution in [2.75, 3.05) is 12.9 Å². The van der Waals surface area contributed by atoms with Crippen molar-refractivity contribution in [1.29, 1.82) is 0 Å². The van der Waals surface area contributed by atoms with E-state index in [2.05, 4.69) is 20.5 Å². The Morgan fingerprint density at radius 2 is 2.00 bits per heavy atom. The monoisotopic (exact) mass is 376 g/mol. The fourth-order valence-electron chi connectivity index (χ4n) is 2.29. The molecule has 8 heteroatoms. The molecule has 0 unspecified atom stereocenters. The van der Waals surface area contributed by atoms with Gasteiger partial charge in [-0.15, -0.1) is 5.10 Å². The summed E-state index contributed by atoms with van der Waals surface area (Å²) >= 11 is 1.21. The van der Waals surface area contributed by atoms with Gasteiger partial charge < -0.3 is 10.1 Å². The lowest BCUT2D eigenvalue weighted by Crippen LogP contribution is -2.46. The topological polar surface area (TPSA) is 97.0 Å². The third kappa shape index (κ3) is 5.32. The Morgan fingerprint density at radius 3 is 2.62 bits per heavy atom. The molecule has 0 aliphatic rings. The molecule has 26 heavy (non-hydrogen) atoms. The highest BCUT2D eigenvalue weighted by Gasteiger charge is 2.26. The Labute approximate surface area is 157 Å². The number of aromatic nitrogens is 3. The Kier molecular flexibility index (Phi) is 7.20. The summed E-state index contributed by atoms with van der Waals surface area (Å²) in [5, 5.41) is 10.2. The second kappa shape index (κ2) is 9.38. The van der Waals surface area contributed by atoms with Crippen LogP contribution >= 0.6 is 11.8 Å². The van der Waals surface area contributed by atoms with Crippen molar-refractivity contribution in [3.05, 3.63) is 29.8 Å². The number of ether oxygens (including phenoxy) is 1. The number of benzene rings is 1. The number of aromatic amines is 1. The maximum Gasteiger partial charge on any atom is 0.328 e. The molecule has 140 valence electrons. The zero-order chi connectivity index (χ0) is 19.1. The van der Waals surface area contributed by atoms with Gasteiger partial charge >= 0.3 is 5.97 Å². The fraction of sp³-hybridized carbons (Fsp3) is 0.444. The molecule has 1 heterocycles. The molecule has 2 N–H and O–H groups in total. The summed E-state index contributed by atoms with van der Waals surface area (Å²) in [6.45, 7) is 5.88. The van der Waals surface area contributed by atoms with Crippen molar-refractivity contribution in [2.45, 2.75) is 38.4 Å². The first-order valence-corrected chi connectivity index (χ1v) is 9.42. The molecule has 7 nitrogen and oxygen atoms in total. The molecule has 0 aliphatic carbocycles. The number of carbonyl (C=O) groups is 2. The van der Waals surface area contributed by atoms with Crippen molar-refractivity contribution in [2.24, 2.45) is 5.92 Å². The van der Waals surface area contributed by atoms with Crippen LogP contribution in [0, 0.1) is 12.8 Å². The van der Waals surface area contributed by atoms with E-state index in [1.54, 1.807) is 0 Å². The zero-order valence-electron chi connectivity index (χ0n) is 15.4. The Bertz CT molecular complexity index is 745. The summed E-state index contributed by atoms with van der Waals surface area (Å²) in [5.41, 5.74) is 2.10. The highest BCUT2D eigenvalue weighted by Crippen LogP contribution is 2.19. The lowest BCUT2D eigenvalue weighted by molar-refractivity contribution is -0.146. The van der Waals surface area contributed by atoms with Gasteiger partial charge in [0.05, 0.1) is 12.9 Å². The van der Waals surface area contributed by atoms with Crippen molar-refractivity contribution in [3.63, 3.8) is 0 Å². The minimum atomic E-state index is -0.645. The Hall–Kier alpha value is -2.35. The predicted octanol–water partition coefficient (Wildman–Crippen LogP) is 2.58. The number of amides is 1. The lowest BCUT2D eigenvalue weighted by Gasteiger charge is -2.21. The van der Waals surface area contributed by atoms with E-state index in [9.17, 15) is 9.59 Å². The van der Waals surface area contributed by atoms with Gasteiger partial charge in [0.2, 0.25) is 11.1 Å². The molecule has 0 saturated carbocycles. The summed E-state index contributed by atoms with van der Waals surface area (Å²) in [6.07, 6.45) is 0.758. The minimum Gasteiger partial charge on any atom is -0.467 e. The number of nitrogens with one attached hydrogen (secondary N) is 2. The van der Waals surface area contributed by atoms with Crippen LogP contribution in [0.1, 0.15) is 25.8 Å². The van der Waals surface area contributed by atoms with Crippen molar-refractivity contribution < 1.29 is 14.3 Å². The van der Waals surface area contributed by atoms with Crippen LogP contribution in [0.25, 0.3) is 11.4 Å². The molecule has 2 rings (SSSR count). The third-order valence-corrected chi connectivity index (χ3v) is 4.95. The lowest BCUT2D eigenvalue weighted by atomic mass is 9.99. The molecule has 0 fully saturated rings. The summed E-state index contributed by atoms with van der Waals surface area (Å²) in [7, 11) is 1.32. The van der Waals surface area contributed by atoms with Crippen molar-refractivity contribution in [1.82, 2.24) is 20.5 Å². The van der Waals surface area contributed by atoms with E-state index in [-0.39, 0.29) is 17.6 Å². The SMILES string of the molecule is CC[C@H](C)[C@H](NC(=O)CSc1n[nH]c(-c2ccc(C)cc2)n1)C(=O)OC. The van der Waals surface area contributed by atoms with Gasteiger partial charge in [-0.3, -0.25) is 9.89 Å². The molecular weight excluding hydrogens is 352 g/mol. The fourth-order valence-corrected chi connectivity index (χ4v) is 2.90. The number of carbonyl (C=O) groups excluding carboxylic acids is 2. The molecule has 0 aliphatic heterocycles. The molecular formula is C18H24N4O3S. The van der Waals surface area contributed by atoms with Crippen molar-refractivity contribution in [3.8, 4) is 11.4 Å². The van der Waals surface area contributed by atoms with E-state index in [0.29, 0.717) is 11.0 Å². The van der Waals surface area contributed by atoms with Gasteiger partial charge in [-0.1, -0.05) is 61.9 Å². The van der Waals surface area contributed by atoms with Gasteiger partial charge in [-0.2, -0.15) is 0 Å². The molecule has 2 atom stereocenters. The molecule has 0 spiro atoms. The van der Waals surface area contributed by atoms with Crippen LogP contribution in [-0.4, -0.2) is 46.0 Å². The van der Waals surface area contributed by atoms with Gasteiger partial charge in [-0.05, 0) is 12.8 Å². The number of rotatable bonds is 8. The number of hydrogen-bond donors (Lipinski definition) is 2. The average Bonchev–Trinajstić information content (AvgIpc) is 3.12. The van der Waals surface area contributed by atoms with Crippen LogP contribution in [0.15, 0.2) is 29.4 Å². The van der Waals surface area contributed by atoms with E-state index in [4.69, 9.17) is 4.74 Å². The highest BCUT2D eigenvalue weighted by molar-refractivity contribution is 7.99. The number of hydrogen-bond acceptors (Lipinski definition) is 6. The molecule has 1 aromatic carbocycles. The second-order valence-electron chi connectivity index (χ2n) is 6.08. The van der Waals surface area contributed by atoms with E-state index >= 15 is 0 Å². The van der Waals surface area contributed by atoms with E-state index in [1.807, 2.05) is 45.0 Å². The maximum absolute atomic E-state index is 12.2. The number of thioether (sulfide) groups is 1. The molecule has 1 aromatic heterocycles. The van der Waals surface area contributed by atoms with Gasteiger partial charge in [0, 0.05) is 5.56 Å². The first-order valence-electron chi connectivity index (χ1n) is 8.44. The number of aryl methyl sites for hydroxylation is 1. The van der Waals surface area contributed by atoms with Crippen LogP contribution in [-0.2, 0) is 14.3 Å². The normalized spacial score (nSPS) is 13.1. The van der Waals surface area contributed by atoms with E-state index in [1.165, 1.54) is 24.4 Å². The molecule has 0 radical (unpaired) electrons. The Balaban J connectivity index is 1.92. The number of methoxy groups -OCH3 is 1. The van der Waals surface area contributed by atoms with Crippen LogP contribution in [0.2, 0.25) is 0 Å². The summed E-state index contributed by atoms with van der Waals surface area (Å²) in [6, 6.07) is 7.28. The Morgan fingerprint density at radius 1 is 1.31 bits per heavy atom. The smallest absolute Gasteiger partial charge is 0.328 e. The van der Waals surface area contributed by atoms with Gasteiger partial charge in [-0.25, -0.2) is 9.78 Å². The van der Waals surface area contributed by atoms with Gasteiger partial charge in [0.1, 0.15) is 6.04 Å². The zero-order valence-corrected chi connectivity index (χ0v) is 16.2. The van der Waals surface area contributed by atoms with Crippen LogP contribution in [0.5, 0.6) is 0 Å². The summed E-state index contributed by atoms with van der Waals surface area (Å²) < 4.78 is 4.77. The first-order chi connectivity index (χ1) is 12.4. The minimum absolute atomic E-state index is 0.00644.